The van der Waals surface area contributed by atoms with Gasteiger partial charge in [-0.05, 0) is 31.0 Å². The van der Waals surface area contributed by atoms with Crippen molar-refractivity contribution in [3.05, 3.63) is 36.3 Å². The first-order valence-electron chi connectivity index (χ1n) is 10.9. The molecule has 4 rings (SSSR count). The molecule has 0 spiro atoms. The number of hydrogen-bond acceptors (Lipinski definition) is 7. The van der Waals surface area contributed by atoms with Gasteiger partial charge in [0, 0.05) is 43.6 Å². The van der Waals surface area contributed by atoms with E-state index in [4.69, 9.17) is 4.74 Å². The lowest BCUT2D eigenvalue weighted by atomic mass is 9.95. The van der Waals surface area contributed by atoms with Crippen molar-refractivity contribution in [3.63, 3.8) is 0 Å². The average molecular weight is 429 g/mol. The molecule has 1 saturated heterocycles. The fourth-order valence-corrected chi connectivity index (χ4v) is 4.15. The predicted molar refractivity (Wildman–Crippen MR) is 118 cm³/mol. The molecule has 1 aliphatic heterocycles. The molecule has 0 unspecified atom stereocenters. The Labute approximate surface area is 181 Å². The first-order chi connectivity index (χ1) is 15.1. The second kappa shape index (κ2) is 9.80. The topological polar surface area (TPSA) is 82.6 Å². The number of benzene rings is 1. The third-order valence-corrected chi connectivity index (χ3v) is 5.87. The molecular formula is C22H29FN6O2. The molecule has 2 heterocycles. The SMILES string of the molecule is COC(=O)N1CCN(c2cccc(Nc3ncc(F)c(NC4CCCCC4)n3)c2)CC1. The van der Waals surface area contributed by atoms with Gasteiger partial charge in [-0.2, -0.15) is 4.98 Å². The molecule has 0 bridgehead atoms. The summed E-state index contributed by atoms with van der Waals surface area (Å²) in [5.74, 6) is 0.167. The van der Waals surface area contributed by atoms with Gasteiger partial charge in [0.25, 0.3) is 0 Å². The molecule has 2 N–H and O–H groups in total. The minimum Gasteiger partial charge on any atom is -0.453 e. The van der Waals surface area contributed by atoms with Gasteiger partial charge in [0.1, 0.15) is 0 Å². The summed E-state index contributed by atoms with van der Waals surface area (Å²) in [4.78, 5) is 24.1. The van der Waals surface area contributed by atoms with Crippen molar-refractivity contribution in [2.24, 2.45) is 0 Å². The van der Waals surface area contributed by atoms with Crippen molar-refractivity contribution in [1.29, 1.82) is 0 Å². The van der Waals surface area contributed by atoms with E-state index in [0.717, 1.165) is 50.1 Å². The number of carbonyl (C=O) groups excluding carboxylic acids is 1. The van der Waals surface area contributed by atoms with Crippen LogP contribution in [0.25, 0.3) is 0 Å². The molecule has 0 atom stereocenters. The monoisotopic (exact) mass is 428 g/mol. The zero-order valence-electron chi connectivity index (χ0n) is 17.8. The Balaban J connectivity index is 1.41. The zero-order valence-corrected chi connectivity index (χ0v) is 17.8. The number of halogens is 1. The van der Waals surface area contributed by atoms with E-state index in [1.807, 2.05) is 24.3 Å². The first kappa shape index (κ1) is 21.1. The van der Waals surface area contributed by atoms with Crippen molar-refractivity contribution < 1.29 is 13.9 Å². The Bertz CT molecular complexity index is 897. The van der Waals surface area contributed by atoms with Crippen LogP contribution in [0.4, 0.5) is 32.3 Å². The summed E-state index contributed by atoms with van der Waals surface area (Å²) in [7, 11) is 1.40. The summed E-state index contributed by atoms with van der Waals surface area (Å²) in [6.45, 7) is 2.67. The second-order valence-electron chi connectivity index (χ2n) is 7.99. The molecule has 2 fully saturated rings. The molecule has 1 aromatic heterocycles. The standard InChI is InChI=1S/C22H29FN6O2/c1-31-22(30)29-12-10-28(11-13-29)18-9-5-8-17(14-18)26-21-24-15-19(23)20(27-21)25-16-6-3-2-4-7-16/h5,8-9,14-16H,2-4,6-7,10-13H2,1H3,(H2,24,25,26,27). The van der Waals surface area contributed by atoms with Crippen LogP contribution in [0.1, 0.15) is 32.1 Å². The van der Waals surface area contributed by atoms with Crippen molar-refractivity contribution in [2.45, 2.75) is 38.1 Å². The summed E-state index contributed by atoms with van der Waals surface area (Å²) >= 11 is 0. The van der Waals surface area contributed by atoms with Crippen LogP contribution in [0.5, 0.6) is 0 Å². The van der Waals surface area contributed by atoms with Gasteiger partial charge >= 0.3 is 6.09 Å². The number of nitrogens with zero attached hydrogens (tertiary/aromatic N) is 4. The number of ether oxygens (including phenoxy) is 1. The molecule has 2 aliphatic rings. The molecule has 1 aromatic carbocycles. The number of methoxy groups -OCH3 is 1. The van der Waals surface area contributed by atoms with Gasteiger partial charge in [-0.1, -0.05) is 25.3 Å². The first-order valence-corrected chi connectivity index (χ1v) is 10.9. The number of nitrogens with one attached hydrogen (secondary N) is 2. The van der Waals surface area contributed by atoms with E-state index in [2.05, 4.69) is 25.5 Å². The molecular weight excluding hydrogens is 399 g/mol. The maximum absolute atomic E-state index is 14.2. The number of hydrogen-bond donors (Lipinski definition) is 2. The molecule has 1 amide bonds. The largest absolute Gasteiger partial charge is 0.453 e. The summed E-state index contributed by atoms with van der Waals surface area (Å²) < 4.78 is 19.0. The molecule has 31 heavy (non-hydrogen) atoms. The quantitative estimate of drug-likeness (QED) is 0.745. The molecule has 1 aliphatic carbocycles. The Morgan fingerprint density at radius 2 is 1.94 bits per heavy atom. The summed E-state index contributed by atoms with van der Waals surface area (Å²) in [5.41, 5.74) is 1.86. The molecule has 8 nitrogen and oxygen atoms in total. The van der Waals surface area contributed by atoms with E-state index in [1.165, 1.54) is 19.7 Å². The highest BCUT2D eigenvalue weighted by Gasteiger charge is 2.22. The number of piperazine rings is 1. The van der Waals surface area contributed by atoms with Crippen LogP contribution < -0.4 is 15.5 Å². The van der Waals surface area contributed by atoms with Gasteiger partial charge < -0.3 is 25.2 Å². The third-order valence-electron chi connectivity index (χ3n) is 5.87. The van der Waals surface area contributed by atoms with Crippen LogP contribution in [0, 0.1) is 5.82 Å². The highest BCUT2D eigenvalue weighted by Crippen LogP contribution is 2.25. The van der Waals surface area contributed by atoms with Crippen LogP contribution in [0.15, 0.2) is 30.5 Å². The Morgan fingerprint density at radius 1 is 1.16 bits per heavy atom. The van der Waals surface area contributed by atoms with E-state index in [0.29, 0.717) is 19.0 Å². The zero-order chi connectivity index (χ0) is 21.6. The molecule has 2 aromatic rings. The van der Waals surface area contributed by atoms with Crippen LogP contribution in [-0.4, -0.2) is 60.3 Å². The average Bonchev–Trinajstić information content (AvgIpc) is 2.82. The number of rotatable bonds is 5. The summed E-state index contributed by atoms with van der Waals surface area (Å²) in [6.07, 6.45) is 6.56. The van der Waals surface area contributed by atoms with Gasteiger partial charge in [0.15, 0.2) is 11.6 Å². The van der Waals surface area contributed by atoms with E-state index in [-0.39, 0.29) is 18.0 Å². The van der Waals surface area contributed by atoms with Crippen molar-refractivity contribution in [3.8, 4) is 0 Å². The lowest BCUT2D eigenvalue weighted by Gasteiger charge is -2.35. The minimum absolute atomic E-state index is 0.250. The van der Waals surface area contributed by atoms with Crippen LogP contribution in [0.3, 0.4) is 0 Å². The smallest absolute Gasteiger partial charge is 0.409 e. The normalized spacial score (nSPS) is 17.4. The van der Waals surface area contributed by atoms with Crippen LogP contribution >= 0.6 is 0 Å². The van der Waals surface area contributed by atoms with Crippen LogP contribution in [-0.2, 0) is 4.74 Å². The predicted octanol–water partition coefficient (Wildman–Crippen LogP) is 3.99. The fraction of sp³-hybridized carbons (Fsp3) is 0.500. The minimum atomic E-state index is -0.437. The highest BCUT2D eigenvalue weighted by molar-refractivity contribution is 5.68. The van der Waals surface area contributed by atoms with Gasteiger partial charge in [-0.3, -0.25) is 0 Å². The van der Waals surface area contributed by atoms with E-state index < -0.39 is 5.82 Å². The maximum atomic E-state index is 14.2. The van der Waals surface area contributed by atoms with Crippen molar-refractivity contribution in [1.82, 2.24) is 14.9 Å². The summed E-state index contributed by atoms with van der Waals surface area (Å²) in [5, 5.41) is 6.42. The van der Waals surface area contributed by atoms with E-state index in [1.54, 1.807) is 4.90 Å². The third kappa shape index (κ3) is 5.34. The number of aromatic nitrogens is 2. The molecule has 1 saturated carbocycles. The number of amides is 1. The van der Waals surface area contributed by atoms with E-state index in [9.17, 15) is 9.18 Å². The second-order valence-corrected chi connectivity index (χ2v) is 7.99. The fourth-order valence-electron chi connectivity index (χ4n) is 4.15. The van der Waals surface area contributed by atoms with Gasteiger partial charge in [-0.15, -0.1) is 0 Å². The highest BCUT2D eigenvalue weighted by atomic mass is 19.1. The molecule has 0 radical (unpaired) electrons. The van der Waals surface area contributed by atoms with Gasteiger partial charge in [-0.25, -0.2) is 14.2 Å². The van der Waals surface area contributed by atoms with Crippen LogP contribution in [0.2, 0.25) is 0 Å². The van der Waals surface area contributed by atoms with Crippen molar-refractivity contribution >= 4 is 29.2 Å². The van der Waals surface area contributed by atoms with Gasteiger partial charge in [0.05, 0.1) is 13.3 Å². The lowest BCUT2D eigenvalue weighted by molar-refractivity contribution is 0.121. The van der Waals surface area contributed by atoms with E-state index >= 15 is 0 Å². The molecule has 9 heteroatoms. The van der Waals surface area contributed by atoms with Crippen molar-refractivity contribution in [2.75, 3.05) is 48.8 Å². The Hall–Kier alpha value is -3.10. The lowest BCUT2D eigenvalue weighted by Crippen LogP contribution is -2.48. The molecule has 166 valence electrons. The maximum Gasteiger partial charge on any atom is 0.409 e. The summed E-state index contributed by atoms with van der Waals surface area (Å²) in [6, 6.07) is 8.18. The van der Waals surface area contributed by atoms with Gasteiger partial charge in [0.2, 0.25) is 5.95 Å². The number of carbonyl (C=O) groups is 1. The Kier molecular flexibility index (Phi) is 6.69. The Morgan fingerprint density at radius 3 is 2.68 bits per heavy atom. The number of anilines is 4.